The SMILES string of the molecule is CCC(Nc1ccc(N)c(C(=O)OC)c1)c1cccs1. The smallest absolute Gasteiger partial charge is 0.340 e. The highest BCUT2D eigenvalue weighted by molar-refractivity contribution is 7.10. The van der Waals surface area contributed by atoms with Crippen LogP contribution < -0.4 is 11.1 Å². The topological polar surface area (TPSA) is 64.3 Å². The Morgan fingerprint density at radius 1 is 1.45 bits per heavy atom. The van der Waals surface area contributed by atoms with Crippen LogP contribution in [0, 0.1) is 0 Å². The molecule has 3 N–H and O–H groups in total. The Kier molecular flexibility index (Phi) is 4.63. The van der Waals surface area contributed by atoms with Crippen molar-refractivity contribution in [1.82, 2.24) is 0 Å². The van der Waals surface area contributed by atoms with E-state index in [9.17, 15) is 4.79 Å². The predicted octanol–water partition coefficient (Wildman–Crippen LogP) is 3.68. The summed E-state index contributed by atoms with van der Waals surface area (Å²) in [6, 6.07) is 9.69. The molecule has 2 aromatic rings. The number of esters is 1. The van der Waals surface area contributed by atoms with Crippen molar-refractivity contribution in [2.75, 3.05) is 18.2 Å². The van der Waals surface area contributed by atoms with Crippen LogP contribution in [0.1, 0.15) is 34.6 Å². The predicted molar refractivity (Wildman–Crippen MR) is 83.2 cm³/mol. The summed E-state index contributed by atoms with van der Waals surface area (Å²) in [6.07, 6.45) is 0.957. The van der Waals surface area contributed by atoms with E-state index in [0.717, 1.165) is 12.1 Å². The van der Waals surface area contributed by atoms with E-state index < -0.39 is 5.97 Å². The van der Waals surface area contributed by atoms with Crippen molar-refractivity contribution in [2.24, 2.45) is 0 Å². The Morgan fingerprint density at radius 2 is 2.25 bits per heavy atom. The van der Waals surface area contributed by atoms with Gasteiger partial charge in [0.1, 0.15) is 0 Å². The number of hydrogen-bond acceptors (Lipinski definition) is 5. The molecule has 1 unspecified atom stereocenters. The van der Waals surface area contributed by atoms with Gasteiger partial charge in [-0.15, -0.1) is 11.3 Å². The van der Waals surface area contributed by atoms with E-state index in [1.54, 1.807) is 23.5 Å². The number of benzene rings is 1. The fraction of sp³-hybridized carbons (Fsp3) is 0.267. The molecule has 0 fully saturated rings. The highest BCUT2D eigenvalue weighted by Crippen LogP contribution is 2.27. The van der Waals surface area contributed by atoms with Crippen LogP contribution in [0.15, 0.2) is 35.7 Å². The molecule has 0 bridgehead atoms. The van der Waals surface area contributed by atoms with E-state index in [0.29, 0.717) is 11.3 Å². The standard InChI is InChI=1S/C15H18N2O2S/c1-3-13(14-5-4-8-20-14)17-10-6-7-12(16)11(9-10)15(18)19-2/h4-9,13,17H,3,16H2,1-2H3. The average Bonchev–Trinajstić information content (AvgIpc) is 2.99. The molecule has 0 aliphatic heterocycles. The van der Waals surface area contributed by atoms with Crippen LogP contribution in [-0.2, 0) is 4.74 Å². The minimum atomic E-state index is -0.421. The van der Waals surface area contributed by atoms with Crippen molar-refractivity contribution in [2.45, 2.75) is 19.4 Å². The van der Waals surface area contributed by atoms with Crippen molar-refractivity contribution in [3.05, 3.63) is 46.2 Å². The van der Waals surface area contributed by atoms with Crippen molar-refractivity contribution in [1.29, 1.82) is 0 Å². The van der Waals surface area contributed by atoms with E-state index in [4.69, 9.17) is 10.5 Å². The molecule has 0 radical (unpaired) electrons. The van der Waals surface area contributed by atoms with Gasteiger partial charge >= 0.3 is 5.97 Å². The molecule has 0 saturated carbocycles. The molecule has 0 saturated heterocycles. The molecule has 4 nitrogen and oxygen atoms in total. The Hall–Kier alpha value is -2.01. The maximum absolute atomic E-state index is 11.6. The molecule has 1 heterocycles. The number of thiophene rings is 1. The molecule has 2 rings (SSSR count). The summed E-state index contributed by atoms with van der Waals surface area (Å²) in [5.74, 6) is -0.421. The van der Waals surface area contributed by atoms with Gasteiger partial charge in [0.15, 0.2) is 0 Å². The Balaban J connectivity index is 2.23. The number of anilines is 2. The third-order valence-electron chi connectivity index (χ3n) is 3.09. The minimum absolute atomic E-state index is 0.226. The van der Waals surface area contributed by atoms with Gasteiger partial charge in [-0.2, -0.15) is 0 Å². The monoisotopic (exact) mass is 290 g/mol. The third-order valence-corrected chi connectivity index (χ3v) is 4.08. The number of nitrogens with two attached hydrogens (primary N) is 1. The molecule has 1 atom stereocenters. The molecular formula is C15H18N2O2S. The van der Waals surface area contributed by atoms with Gasteiger partial charge in [0, 0.05) is 16.3 Å². The van der Waals surface area contributed by atoms with Gasteiger partial charge in [-0.1, -0.05) is 13.0 Å². The molecule has 106 valence electrons. The van der Waals surface area contributed by atoms with Crippen LogP contribution >= 0.6 is 11.3 Å². The number of hydrogen-bond donors (Lipinski definition) is 2. The van der Waals surface area contributed by atoms with Gasteiger partial charge in [-0.3, -0.25) is 0 Å². The lowest BCUT2D eigenvalue weighted by molar-refractivity contribution is 0.0602. The van der Waals surface area contributed by atoms with Gasteiger partial charge in [-0.05, 0) is 36.1 Å². The molecule has 1 aromatic heterocycles. The highest BCUT2D eigenvalue weighted by Gasteiger charge is 2.14. The first-order chi connectivity index (χ1) is 9.65. The Labute approximate surface area is 122 Å². The quantitative estimate of drug-likeness (QED) is 0.651. The van der Waals surface area contributed by atoms with Crippen LogP contribution in [0.2, 0.25) is 0 Å². The summed E-state index contributed by atoms with van der Waals surface area (Å²) in [4.78, 5) is 12.9. The second-order valence-electron chi connectivity index (χ2n) is 4.41. The summed E-state index contributed by atoms with van der Waals surface area (Å²) in [7, 11) is 1.35. The molecule has 0 aliphatic rings. The number of nitrogens with one attached hydrogen (secondary N) is 1. The lowest BCUT2D eigenvalue weighted by Gasteiger charge is -2.17. The van der Waals surface area contributed by atoms with E-state index in [-0.39, 0.29) is 6.04 Å². The first-order valence-corrected chi connectivity index (χ1v) is 7.31. The second kappa shape index (κ2) is 6.43. The Morgan fingerprint density at radius 3 is 2.85 bits per heavy atom. The second-order valence-corrected chi connectivity index (χ2v) is 5.39. The van der Waals surface area contributed by atoms with Crippen LogP contribution in [0.4, 0.5) is 11.4 Å². The van der Waals surface area contributed by atoms with Crippen molar-refractivity contribution in [3.63, 3.8) is 0 Å². The van der Waals surface area contributed by atoms with Crippen LogP contribution in [0.5, 0.6) is 0 Å². The summed E-state index contributed by atoms with van der Waals surface area (Å²) < 4.78 is 4.73. The number of rotatable bonds is 5. The number of carbonyl (C=O) groups is 1. The normalized spacial score (nSPS) is 11.9. The molecule has 20 heavy (non-hydrogen) atoms. The van der Waals surface area contributed by atoms with Crippen molar-refractivity contribution >= 4 is 28.7 Å². The zero-order chi connectivity index (χ0) is 14.5. The summed E-state index contributed by atoms with van der Waals surface area (Å²) >= 11 is 1.71. The summed E-state index contributed by atoms with van der Waals surface area (Å²) in [6.45, 7) is 2.12. The lowest BCUT2D eigenvalue weighted by atomic mass is 10.1. The summed E-state index contributed by atoms with van der Waals surface area (Å²) in [5.41, 5.74) is 7.47. The average molecular weight is 290 g/mol. The lowest BCUT2D eigenvalue weighted by Crippen LogP contribution is -2.10. The summed E-state index contributed by atoms with van der Waals surface area (Å²) in [5, 5.41) is 5.48. The zero-order valence-electron chi connectivity index (χ0n) is 11.6. The van der Waals surface area contributed by atoms with Gasteiger partial charge < -0.3 is 15.8 Å². The highest BCUT2D eigenvalue weighted by atomic mass is 32.1. The maximum atomic E-state index is 11.6. The first-order valence-electron chi connectivity index (χ1n) is 6.43. The van der Waals surface area contributed by atoms with Crippen LogP contribution in [0.25, 0.3) is 0 Å². The van der Waals surface area contributed by atoms with Crippen molar-refractivity contribution < 1.29 is 9.53 Å². The van der Waals surface area contributed by atoms with Gasteiger partial charge in [0.05, 0.1) is 18.7 Å². The first kappa shape index (κ1) is 14.4. The minimum Gasteiger partial charge on any atom is -0.465 e. The largest absolute Gasteiger partial charge is 0.465 e. The van der Waals surface area contributed by atoms with Gasteiger partial charge in [0.25, 0.3) is 0 Å². The van der Waals surface area contributed by atoms with Crippen molar-refractivity contribution in [3.8, 4) is 0 Å². The van der Waals surface area contributed by atoms with E-state index in [2.05, 4.69) is 23.7 Å². The van der Waals surface area contributed by atoms with E-state index in [1.165, 1.54) is 12.0 Å². The number of nitrogen functional groups attached to an aromatic ring is 1. The number of carbonyl (C=O) groups excluding carboxylic acids is 1. The van der Waals surface area contributed by atoms with Crippen LogP contribution in [-0.4, -0.2) is 13.1 Å². The Bertz CT molecular complexity index is 582. The molecular weight excluding hydrogens is 272 g/mol. The third kappa shape index (κ3) is 3.11. The zero-order valence-corrected chi connectivity index (χ0v) is 12.4. The van der Waals surface area contributed by atoms with E-state index >= 15 is 0 Å². The molecule has 0 spiro atoms. The molecule has 0 amide bonds. The number of methoxy groups -OCH3 is 1. The van der Waals surface area contributed by atoms with E-state index in [1.807, 2.05) is 12.1 Å². The van der Waals surface area contributed by atoms with Gasteiger partial charge in [0.2, 0.25) is 0 Å². The van der Waals surface area contributed by atoms with Gasteiger partial charge in [-0.25, -0.2) is 4.79 Å². The maximum Gasteiger partial charge on any atom is 0.340 e. The molecule has 1 aromatic carbocycles. The fourth-order valence-electron chi connectivity index (χ4n) is 2.00. The van der Waals surface area contributed by atoms with Crippen LogP contribution in [0.3, 0.4) is 0 Å². The molecule has 5 heteroatoms. The number of ether oxygens (including phenoxy) is 1. The molecule has 0 aliphatic carbocycles. The fourth-order valence-corrected chi connectivity index (χ4v) is 2.86.